The number of aryl methyl sites for hydroxylation is 1. The molecule has 0 heterocycles. The highest BCUT2D eigenvalue weighted by Gasteiger charge is 2.09. The van der Waals surface area contributed by atoms with Gasteiger partial charge in [0, 0.05) is 10.6 Å². The van der Waals surface area contributed by atoms with Crippen LogP contribution in [0.3, 0.4) is 0 Å². The Balaban J connectivity index is 2.36. The molecule has 0 radical (unpaired) electrons. The van der Waals surface area contributed by atoms with E-state index in [4.69, 9.17) is 27.9 Å². The molecule has 0 spiro atoms. The van der Waals surface area contributed by atoms with Crippen LogP contribution in [-0.2, 0) is 5.88 Å². The average Bonchev–Trinajstić information content (AvgIpc) is 2.42. The molecule has 3 heteroatoms. The quantitative estimate of drug-likeness (QED) is 0.602. The normalized spacial score (nSPS) is 10.9. The van der Waals surface area contributed by atoms with Crippen molar-refractivity contribution in [3.8, 4) is 11.5 Å². The van der Waals surface area contributed by atoms with E-state index in [-0.39, 0.29) is 0 Å². The summed E-state index contributed by atoms with van der Waals surface area (Å²) >= 11 is 11.9. The van der Waals surface area contributed by atoms with Crippen LogP contribution in [0.4, 0.5) is 0 Å². The van der Waals surface area contributed by atoms with Crippen LogP contribution in [0.5, 0.6) is 11.5 Å². The first-order valence-corrected chi connectivity index (χ1v) is 7.55. The van der Waals surface area contributed by atoms with E-state index in [1.165, 1.54) is 5.56 Å². The number of ether oxygens (including phenoxy) is 1. The summed E-state index contributed by atoms with van der Waals surface area (Å²) in [5.41, 5.74) is 3.25. The van der Waals surface area contributed by atoms with E-state index >= 15 is 0 Å². The number of rotatable bonds is 4. The van der Waals surface area contributed by atoms with Gasteiger partial charge in [-0.1, -0.05) is 37.6 Å². The lowest BCUT2D eigenvalue weighted by Gasteiger charge is -2.14. The van der Waals surface area contributed by atoms with Crippen LogP contribution < -0.4 is 4.74 Å². The van der Waals surface area contributed by atoms with Gasteiger partial charge in [-0.3, -0.25) is 0 Å². The fraction of sp³-hybridized carbons (Fsp3) is 0.294. The third-order valence-electron chi connectivity index (χ3n) is 3.27. The lowest BCUT2D eigenvalue weighted by atomic mass is 10.0. The van der Waals surface area contributed by atoms with Gasteiger partial charge in [-0.25, -0.2) is 0 Å². The van der Waals surface area contributed by atoms with E-state index in [1.54, 1.807) is 0 Å². The molecule has 0 amide bonds. The summed E-state index contributed by atoms with van der Waals surface area (Å²) < 4.78 is 6.03. The molecule has 0 saturated heterocycles. The fourth-order valence-corrected chi connectivity index (χ4v) is 2.36. The molecule has 0 saturated carbocycles. The highest BCUT2D eigenvalue weighted by Crippen LogP contribution is 2.32. The first kappa shape index (κ1) is 15.2. The second kappa shape index (κ2) is 6.51. The van der Waals surface area contributed by atoms with Crippen LogP contribution in [0.15, 0.2) is 36.4 Å². The maximum Gasteiger partial charge on any atom is 0.131 e. The van der Waals surface area contributed by atoms with Crippen molar-refractivity contribution in [3.05, 3.63) is 58.1 Å². The van der Waals surface area contributed by atoms with E-state index in [0.29, 0.717) is 16.8 Å². The van der Waals surface area contributed by atoms with Gasteiger partial charge in [0.1, 0.15) is 11.5 Å². The standard InChI is InChI=1S/C17H18Cl2O/c1-11(2)13-5-4-12(3)17(9-13)20-16-7-6-15(19)8-14(16)10-18/h4-9,11H,10H2,1-3H3. The second-order valence-corrected chi connectivity index (χ2v) is 5.87. The molecule has 2 aromatic rings. The SMILES string of the molecule is Cc1ccc(C(C)C)cc1Oc1ccc(Cl)cc1CCl. The summed E-state index contributed by atoms with van der Waals surface area (Å²) in [5, 5.41) is 0.667. The van der Waals surface area contributed by atoms with Gasteiger partial charge in [-0.05, 0) is 48.2 Å². The van der Waals surface area contributed by atoms with Crippen LogP contribution in [0.25, 0.3) is 0 Å². The Bertz CT molecular complexity index is 606. The molecule has 1 nitrogen and oxygen atoms in total. The van der Waals surface area contributed by atoms with Crippen molar-refractivity contribution >= 4 is 23.2 Å². The van der Waals surface area contributed by atoms with E-state index < -0.39 is 0 Å². The molecule has 0 aliphatic heterocycles. The minimum atomic E-state index is 0.374. The Hall–Kier alpha value is -1.18. The molecule has 2 rings (SSSR count). The van der Waals surface area contributed by atoms with Gasteiger partial charge in [0.2, 0.25) is 0 Å². The molecule has 0 bridgehead atoms. The fourth-order valence-electron chi connectivity index (χ4n) is 1.96. The number of alkyl halides is 1. The summed E-state index contributed by atoms with van der Waals surface area (Å²) in [7, 11) is 0. The smallest absolute Gasteiger partial charge is 0.131 e. The third kappa shape index (κ3) is 3.47. The maximum absolute atomic E-state index is 6.03. The number of hydrogen-bond acceptors (Lipinski definition) is 1. The predicted molar refractivity (Wildman–Crippen MR) is 86.4 cm³/mol. The predicted octanol–water partition coefficient (Wildman–Crippen LogP) is 6.30. The molecule has 0 fully saturated rings. The molecule has 106 valence electrons. The van der Waals surface area contributed by atoms with Gasteiger partial charge in [0.25, 0.3) is 0 Å². The summed E-state index contributed by atoms with van der Waals surface area (Å²) in [4.78, 5) is 0. The van der Waals surface area contributed by atoms with Crippen molar-refractivity contribution in [2.45, 2.75) is 32.6 Å². The maximum atomic E-state index is 6.03. The van der Waals surface area contributed by atoms with Gasteiger partial charge in [-0.2, -0.15) is 0 Å². The van der Waals surface area contributed by atoms with Crippen molar-refractivity contribution in [1.82, 2.24) is 0 Å². The topological polar surface area (TPSA) is 9.23 Å². The Labute approximate surface area is 130 Å². The Morgan fingerprint density at radius 1 is 1.05 bits per heavy atom. The molecule has 0 N–H and O–H groups in total. The first-order valence-electron chi connectivity index (χ1n) is 6.64. The second-order valence-electron chi connectivity index (χ2n) is 5.17. The van der Waals surface area contributed by atoms with Crippen LogP contribution in [0, 0.1) is 6.92 Å². The summed E-state index contributed by atoms with van der Waals surface area (Å²) in [6, 6.07) is 11.8. The first-order chi connectivity index (χ1) is 9.51. The average molecular weight is 309 g/mol. The van der Waals surface area contributed by atoms with Gasteiger partial charge < -0.3 is 4.74 Å². The van der Waals surface area contributed by atoms with E-state index in [1.807, 2.05) is 25.1 Å². The lowest BCUT2D eigenvalue weighted by Crippen LogP contribution is -1.94. The molecule has 20 heavy (non-hydrogen) atoms. The molecule has 0 atom stereocenters. The Morgan fingerprint density at radius 3 is 2.45 bits per heavy atom. The molecule has 0 aliphatic rings. The van der Waals surface area contributed by atoms with Gasteiger partial charge in [0.05, 0.1) is 5.88 Å². The number of benzene rings is 2. The summed E-state index contributed by atoms with van der Waals surface area (Å²) in [6.45, 7) is 6.37. The van der Waals surface area contributed by atoms with Crippen molar-refractivity contribution in [2.24, 2.45) is 0 Å². The van der Waals surface area contributed by atoms with Crippen molar-refractivity contribution < 1.29 is 4.74 Å². The van der Waals surface area contributed by atoms with Crippen molar-refractivity contribution in [1.29, 1.82) is 0 Å². The minimum absolute atomic E-state index is 0.374. The van der Waals surface area contributed by atoms with Gasteiger partial charge >= 0.3 is 0 Å². The minimum Gasteiger partial charge on any atom is -0.457 e. The molecule has 2 aromatic carbocycles. The zero-order valence-corrected chi connectivity index (χ0v) is 13.4. The highest BCUT2D eigenvalue weighted by atomic mass is 35.5. The molecular weight excluding hydrogens is 291 g/mol. The van der Waals surface area contributed by atoms with E-state index in [0.717, 1.165) is 22.6 Å². The van der Waals surface area contributed by atoms with E-state index in [9.17, 15) is 0 Å². The molecule has 0 unspecified atom stereocenters. The molecule has 0 aliphatic carbocycles. The van der Waals surface area contributed by atoms with Crippen LogP contribution in [-0.4, -0.2) is 0 Å². The molecular formula is C17H18Cl2O. The van der Waals surface area contributed by atoms with Crippen molar-refractivity contribution in [3.63, 3.8) is 0 Å². The van der Waals surface area contributed by atoms with Gasteiger partial charge in [-0.15, -0.1) is 11.6 Å². The number of hydrogen-bond donors (Lipinski definition) is 0. The Kier molecular flexibility index (Phi) is 4.95. The van der Waals surface area contributed by atoms with E-state index in [2.05, 4.69) is 32.0 Å². The highest BCUT2D eigenvalue weighted by molar-refractivity contribution is 6.30. The van der Waals surface area contributed by atoms with Crippen LogP contribution in [0.2, 0.25) is 5.02 Å². The Morgan fingerprint density at radius 2 is 1.80 bits per heavy atom. The third-order valence-corrected chi connectivity index (χ3v) is 3.79. The van der Waals surface area contributed by atoms with Crippen LogP contribution in [0.1, 0.15) is 36.5 Å². The lowest BCUT2D eigenvalue weighted by molar-refractivity contribution is 0.473. The molecule has 0 aromatic heterocycles. The largest absolute Gasteiger partial charge is 0.457 e. The monoisotopic (exact) mass is 308 g/mol. The zero-order chi connectivity index (χ0) is 14.7. The summed E-state index contributed by atoms with van der Waals surface area (Å²) in [5.74, 6) is 2.47. The summed E-state index contributed by atoms with van der Waals surface area (Å²) in [6.07, 6.45) is 0. The van der Waals surface area contributed by atoms with Gasteiger partial charge in [0.15, 0.2) is 0 Å². The zero-order valence-electron chi connectivity index (χ0n) is 11.9. The number of halogens is 2. The van der Waals surface area contributed by atoms with Crippen molar-refractivity contribution in [2.75, 3.05) is 0 Å². The van der Waals surface area contributed by atoms with Crippen LogP contribution >= 0.6 is 23.2 Å².